The van der Waals surface area contributed by atoms with Crippen molar-refractivity contribution in [2.24, 2.45) is 11.8 Å². The molecule has 0 nitrogen and oxygen atoms in total. The second-order valence-corrected chi connectivity index (χ2v) is 4.04. The second kappa shape index (κ2) is 3.32. The summed E-state index contributed by atoms with van der Waals surface area (Å²) >= 11 is 0. The number of hydrogen-bond acceptors (Lipinski definition) is 0. The maximum Gasteiger partial charge on any atom is 0.0900 e. The van der Waals surface area contributed by atoms with E-state index in [1.165, 1.54) is 25.7 Å². The van der Waals surface area contributed by atoms with Gasteiger partial charge in [0.1, 0.15) is 0 Å². The van der Waals surface area contributed by atoms with E-state index >= 15 is 0 Å². The van der Waals surface area contributed by atoms with Gasteiger partial charge in [-0.1, -0.05) is 13.8 Å². The van der Waals surface area contributed by atoms with E-state index in [9.17, 15) is 0 Å². The fraction of sp³-hybridized carbons (Fsp3) is 0.900. The molecular formula is C10H19+. The molecule has 0 aromatic heterocycles. The van der Waals surface area contributed by atoms with Crippen molar-refractivity contribution in [1.29, 1.82) is 0 Å². The fourth-order valence-corrected chi connectivity index (χ4v) is 1.80. The first-order valence-corrected chi connectivity index (χ1v) is 4.51. The molecule has 1 rings (SSSR count). The zero-order valence-electron chi connectivity index (χ0n) is 7.48. The topological polar surface area (TPSA) is 0 Å². The van der Waals surface area contributed by atoms with Crippen LogP contribution in [0.25, 0.3) is 0 Å². The summed E-state index contributed by atoms with van der Waals surface area (Å²) in [5, 5.41) is 0. The van der Waals surface area contributed by atoms with Gasteiger partial charge in [0, 0.05) is 0 Å². The van der Waals surface area contributed by atoms with Gasteiger partial charge in [-0.25, -0.2) is 0 Å². The van der Waals surface area contributed by atoms with Gasteiger partial charge in [0.25, 0.3) is 0 Å². The standard InChI is InChI=1S/C10H19/c1-8(2)10-6-4-9(3)5-7-10/h8,10H,4-7H2,1-3H3/q+1. The third kappa shape index (κ3) is 1.93. The molecule has 0 radical (unpaired) electrons. The lowest BCUT2D eigenvalue weighted by Gasteiger charge is -2.23. The van der Waals surface area contributed by atoms with Gasteiger partial charge in [0.2, 0.25) is 0 Å². The van der Waals surface area contributed by atoms with Crippen molar-refractivity contribution in [3.05, 3.63) is 5.92 Å². The van der Waals surface area contributed by atoms with E-state index in [4.69, 9.17) is 0 Å². The highest BCUT2D eigenvalue weighted by atomic mass is 14.3. The Kier molecular flexibility index (Phi) is 2.64. The predicted molar refractivity (Wildman–Crippen MR) is 45.7 cm³/mol. The van der Waals surface area contributed by atoms with Gasteiger partial charge < -0.3 is 0 Å². The average Bonchev–Trinajstić information content (AvgIpc) is 1.88. The first kappa shape index (κ1) is 7.97. The smallest absolute Gasteiger partial charge is 0.0625 e. The maximum atomic E-state index is 2.35. The maximum absolute atomic E-state index is 2.35. The molecule has 10 heavy (non-hydrogen) atoms. The van der Waals surface area contributed by atoms with Crippen LogP contribution in [-0.2, 0) is 0 Å². The molecule has 1 aliphatic rings. The van der Waals surface area contributed by atoms with Crippen LogP contribution in [0.1, 0.15) is 46.5 Å². The average molecular weight is 139 g/mol. The largest absolute Gasteiger partial charge is 0.0900 e. The van der Waals surface area contributed by atoms with Gasteiger partial charge in [0.05, 0.1) is 25.7 Å². The third-order valence-electron chi connectivity index (χ3n) is 2.83. The minimum Gasteiger partial charge on any atom is -0.0625 e. The molecule has 0 aliphatic heterocycles. The summed E-state index contributed by atoms with van der Waals surface area (Å²) in [6.07, 6.45) is 5.68. The Bertz CT molecular complexity index is 86.2. The lowest BCUT2D eigenvalue weighted by Crippen LogP contribution is -2.15. The van der Waals surface area contributed by atoms with Crippen molar-refractivity contribution in [2.75, 3.05) is 0 Å². The summed E-state index contributed by atoms with van der Waals surface area (Å²) in [6, 6.07) is 0. The van der Waals surface area contributed by atoms with E-state index in [1.807, 2.05) is 0 Å². The number of hydrogen-bond donors (Lipinski definition) is 0. The molecule has 0 atom stereocenters. The molecule has 0 N–H and O–H groups in total. The van der Waals surface area contributed by atoms with Gasteiger partial charge in [0.15, 0.2) is 0 Å². The molecule has 0 bridgehead atoms. The van der Waals surface area contributed by atoms with Crippen molar-refractivity contribution in [3.63, 3.8) is 0 Å². The van der Waals surface area contributed by atoms with Crippen LogP contribution in [0.3, 0.4) is 0 Å². The summed E-state index contributed by atoms with van der Waals surface area (Å²) in [5.41, 5.74) is 0. The van der Waals surface area contributed by atoms with Gasteiger partial charge in [-0.15, -0.1) is 0 Å². The lowest BCUT2D eigenvalue weighted by molar-refractivity contribution is 0.293. The monoisotopic (exact) mass is 139 g/mol. The SMILES string of the molecule is C[C+]1CCC(C(C)C)CC1. The zero-order chi connectivity index (χ0) is 7.56. The van der Waals surface area contributed by atoms with E-state index in [0.717, 1.165) is 11.8 Å². The molecule has 0 unspecified atom stereocenters. The van der Waals surface area contributed by atoms with Crippen molar-refractivity contribution < 1.29 is 0 Å². The first-order valence-electron chi connectivity index (χ1n) is 4.51. The quantitative estimate of drug-likeness (QED) is 0.488. The summed E-state index contributed by atoms with van der Waals surface area (Å²) in [6.45, 7) is 7.01. The fourth-order valence-electron chi connectivity index (χ4n) is 1.80. The summed E-state index contributed by atoms with van der Waals surface area (Å²) in [4.78, 5) is 0. The zero-order valence-corrected chi connectivity index (χ0v) is 7.48. The van der Waals surface area contributed by atoms with Crippen LogP contribution in [-0.4, -0.2) is 0 Å². The highest BCUT2D eigenvalue weighted by molar-refractivity contribution is 4.90. The lowest BCUT2D eigenvalue weighted by atomic mass is 9.78. The highest BCUT2D eigenvalue weighted by Gasteiger charge is 2.26. The molecule has 0 aromatic carbocycles. The molecule has 1 aliphatic carbocycles. The van der Waals surface area contributed by atoms with Crippen molar-refractivity contribution in [1.82, 2.24) is 0 Å². The van der Waals surface area contributed by atoms with Crippen LogP contribution in [0.15, 0.2) is 0 Å². The Morgan fingerprint density at radius 1 is 1.20 bits per heavy atom. The normalized spacial score (nSPS) is 22.2. The van der Waals surface area contributed by atoms with E-state index in [-0.39, 0.29) is 0 Å². The molecular weight excluding hydrogens is 120 g/mol. The van der Waals surface area contributed by atoms with Crippen LogP contribution in [0.5, 0.6) is 0 Å². The minimum absolute atomic E-state index is 0.910. The third-order valence-corrected chi connectivity index (χ3v) is 2.83. The summed E-state index contributed by atoms with van der Waals surface area (Å²) in [5.74, 6) is 3.65. The van der Waals surface area contributed by atoms with Crippen LogP contribution >= 0.6 is 0 Å². The van der Waals surface area contributed by atoms with Gasteiger partial charge >= 0.3 is 0 Å². The van der Waals surface area contributed by atoms with Crippen LogP contribution in [0.4, 0.5) is 0 Å². The molecule has 1 saturated carbocycles. The van der Waals surface area contributed by atoms with Crippen molar-refractivity contribution in [2.45, 2.75) is 46.5 Å². The summed E-state index contributed by atoms with van der Waals surface area (Å²) in [7, 11) is 0. The first-order chi connectivity index (χ1) is 4.70. The van der Waals surface area contributed by atoms with E-state index in [1.54, 1.807) is 5.92 Å². The Hall–Kier alpha value is -0.130. The molecule has 1 fully saturated rings. The van der Waals surface area contributed by atoms with Gasteiger partial charge in [-0.3, -0.25) is 0 Å². The van der Waals surface area contributed by atoms with Crippen LogP contribution < -0.4 is 0 Å². The van der Waals surface area contributed by atoms with Crippen LogP contribution in [0.2, 0.25) is 0 Å². The van der Waals surface area contributed by atoms with Crippen molar-refractivity contribution >= 4 is 0 Å². The van der Waals surface area contributed by atoms with Crippen molar-refractivity contribution in [3.8, 4) is 0 Å². The van der Waals surface area contributed by atoms with E-state index in [2.05, 4.69) is 20.8 Å². The minimum atomic E-state index is 0.910. The summed E-state index contributed by atoms with van der Waals surface area (Å²) < 4.78 is 0. The molecule has 0 heterocycles. The van der Waals surface area contributed by atoms with E-state index < -0.39 is 0 Å². The van der Waals surface area contributed by atoms with E-state index in [0.29, 0.717) is 0 Å². The van der Waals surface area contributed by atoms with Gasteiger partial charge in [-0.2, -0.15) is 0 Å². The molecule has 58 valence electrons. The Morgan fingerprint density at radius 3 is 2.10 bits per heavy atom. The highest BCUT2D eigenvalue weighted by Crippen LogP contribution is 2.33. The Labute approximate surface area is 65.0 Å². The molecule has 0 amide bonds. The molecule has 0 spiro atoms. The Morgan fingerprint density at radius 2 is 1.70 bits per heavy atom. The molecule has 0 aromatic rings. The van der Waals surface area contributed by atoms with Gasteiger partial charge in [-0.05, 0) is 24.7 Å². The molecule has 0 saturated heterocycles. The Balaban J connectivity index is 2.26. The second-order valence-electron chi connectivity index (χ2n) is 4.04. The number of rotatable bonds is 1. The van der Waals surface area contributed by atoms with Crippen LogP contribution in [0, 0.1) is 17.8 Å². The molecule has 0 heteroatoms. The predicted octanol–water partition coefficient (Wildman–Crippen LogP) is 3.43.